The molecule has 3 nitrogen and oxygen atoms in total. The lowest BCUT2D eigenvalue weighted by Crippen LogP contribution is -2.22. The highest BCUT2D eigenvalue weighted by Crippen LogP contribution is 2.21. The van der Waals surface area contributed by atoms with Crippen molar-refractivity contribution in [2.45, 2.75) is 12.7 Å². The first-order chi connectivity index (χ1) is 7.97. The number of aromatic nitrogens is 2. The summed E-state index contributed by atoms with van der Waals surface area (Å²) in [6.45, 7) is 0.413. The van der Waals surface area contributed by atoms with Crippen LogP contribution in [0.5, 0.6) is 0 Å². The van der Waals surface area contributed by atoms with E-state index in [1.807, 2.05) is 0 Å². The molecule has 0 aliphatic heterocycles. The predicted octanol–water partition coefficient (Wildman–Crippen LogP) is 2.74. The van der Waals surface area contributed by atoms with Gasteiger partial charge in [-0.15, -0.1) is 11.3 Å². The van der Waals surface area contributed by atoms with Crippen LogP contribution in [-0.4, -0.2) is 21.5 Å². The van der Waals surface area contributed by atoms with E-state index in [0.29, 0.717) is 6.54 Å². The summed E-state index contributed by atoms with van der Waals surface area (Å²) in [5.74, 6) is -1.82. The maximum atomic E-state index is 12.2. The molecule has 0 unspecified atom stereocenters. The summed E-state index contributed by atoms with van der Waals surface area (Å²) in [4.78, 5) is 15.7. The Morgan fingerprint density at radius 2 is 2.24 bits per heavy atom. The van der Waals surface area contributed by atoms with Crippen molar-refractivity contribution in [2.75, 3.05) is 0 Å². The van der Waals surface area contributed by atoms with Gasteiger partial charge in [0.25, 0.3) is 5.78 Å². The quantitative estimate of drug-likeness (QED) is 0.795. The van der Waals surface area contributed by atoms with Crippen LogP contribution < -0.4 is 0 Å². The first-order valence-corrected chi connectivity index (χ1v) is 5.49. The van der Waals surface area contributed by atoms with Crippen LogP contribution in [-0.2, 0) is 6.54 Å². The fourth-order valence-corrected chi connectivity index (χ4v) is 1.94. The Hall–Kier alpha value is -1.63. The zero-order valence-corrected chi connectivity index (χ0v) is 9.26. The average molecular weight is 260 g/mol. The first-order valence-electron chi connectivity index (χ1n) is 4.61. The van der Waals surface area contributed by atoms with Crippen LogP contribution >= 0.6 is 11.3 Å². The molecule has 2 heterocycles. The zero-order valence-electron chi connectivity index (χ0n) is 8.44. The molecule has 0 aromatic carbocycles. The second kappa shape index (κ2) is 4.33. The van der Waals surface area contributed by atoms with Crippen molar-refractivity contribution >= 4 is 17.1 Å². The van der Waals surface area contributed by atoms with Gasteiger partial charge in [-0.05, 0) is 6.07 Å². The van der Waals surface area contributed by atoms with Crippen LogP contribution in [0.1, 0.15) is 15.2 Å². The van der Waals surface area contributed by atoms with Crippen molar-refractivity contribution in [2.24, 2.45) is 0 Å². The average Bonchev–Trinajstić information content (AvgIpc) is 2.87. The van der Waals surface area contributed by atoms with Gasteiger partial charge in [0.15, 0.2) is 0 Å². The molecule has 0 N–H and O–H groups in total. The molecular weight excluding hydrogens is 253 g/mol. The van der Waals surface area contributed by atoms with Crippen molar-refractivity contribution < 1.29 is 18.0 Å². The molecule has 0 fully saturated rings. The fourth-order valence-electron chi connectivity index (χ4n) is 1.34. The van der Waals surface area contributed by atoms with E-state index in [1.165, 1.54) is 28.3 Å². The molecule has 0 saturated carbocycles. The Bertz CT molecular complexity index is 516. The number of carbonyl (C=O) groups excluding carboxylic acids is 1. The Morgan fingerprint density at radius 1 is 1.47 bits per heavy atom. The van der Waals surface area contributed by atoms with E-state index >= 15 is 0 Å². The second-order valence-electron chi connectivity index (χ2n) is 3.37. The molecule has 7 heteroatoms. The lowest BCUT2D eigenvalue weighted by molar-refractivity contribution is -0.0885. The van der Waals surface area contributed by atoms with E-state index in [4.69, 9.17) is 0 Å². The minimum absolute atomic E-state index is 0.345. The van der Waals surface area contributed by atoms with Crippen molar-refractivity contribution in [3.8, 4) is 0 Å². The minimum Gasteiger partial charge on any atom is -0.348 e. The number of thiazole rings is 1. The van der Waals surface area contributed by atoms with Gasteiger partial charge < -0.3 is 4.57 Å². The predicted molar refractivity (Wildman–Crippen MR) is 56.0 cm³/mol. The van der Waals surface area contributed by atoms with Gasteiger partial charge in [-0.2, -0.15) is 13.2 Å². The van der Waals surface area contributed by atoms with Crippen LogP contribution in [0.15, 0.2) is 30.2 Å². The smallest absolute Gasteiger partial charge is 0.348 e. The van der Waals surface area contributed by atoms with Crippen LogP contribution in [0.2, 0.25) is 0 Å². The summed E-state index contributed by atoms with van der Waals surface area (Å²) in [7, 11) is 0. The second-order valence-corrected chi connectivity index (χ2v) is 4.34. The lowest BCUT2D eigenvalue weighted by atomic mass is 10.2. The van der Waals surface area contributed by atoms with Crippen molar-refractivity contribution in [3.63, 3.8) is 0 Å². The lowest BCUT2D eigenvalue weighted by Gasteiger charge is -2.02. The van der Waals surface area contributed by atoms with Gasteiger partial charge in [0.2, 0.25) is 0 Å². The van der Waals surface area contributed by atoms with Crippen molar-refractivity contribution in [1.29, 1.82) is 0 Å². The molecular formula is C10H7F3N2OS. The molecule has 0 aliphatic carbocycles. The molecule has 0 atom stereocenters. The third-order valence-electron chi connectivity index (χ3n) is 2.09. The SMILES string of the molecule is O=C(c1ccn(Cc2cncs2)c1)C(F)(F)F. The monoisotopic (exact) mass is 260 g/mol. The highest BCUT2D eigenvalue weighted by molar-refractivity contribution is 7.09. The summed E-state index contributed by atoms with van der Waals surface area (Å²) in [6, 6.07) is 1.16. The Balaban J connectivity index is 2.14. The fraction of sp³-hybridized carbons (Fsp3) is 0.200. The number of hydrogen-bond donors (Lipinski definition) is 0. The van der Waals surface area contributed by atoms with E-state index < -0.39 is 12.0 Å². The number of alkyl halides is 3. The standard InChI is InChI=1S/C10H7F3N2OS/c11-10(12,13)9(16)7-1-2-15(4-7)5-8-3-14-6-17-8/h1-4,6H,5H2. The van der Waals surface area contributed by atoms with Gasteiger partial charge in [-0.1, -0.05) is 0 Å². The maximum absolute atomic E-state index is 12.2. The molecule has 0 radical (unpaired) electrons. The van der Waals surface area contributed by atoms with Crippen LogP contribution in [0.3, 0.4) is 0 Å². The summed E-state index contributed by atoms with van der Waals surface area (Å²) < 4.78 is 38.0. The van der Waals surface area contributed by atoms with Crippen LogP contribution in [0, 0.1) is 0 Å². The number of hydrogen-bond acceptors (Lipinski definition) is 3. The van der Waals surface area contributed by atoms with Gasteiger partial charge in [-0.3, -0.25) is 9.78 Å². The summed E-state index contributed by atoms with van der Waals surface area (Å²) >= 11 is 1.40. The molecule has 2 rings (SSSR count). The van der Waals surface area contributed by atoms with E-state index in [-0.39, 0.29) is 5.56 Å². The van der Waals surface area contributed by atoms with Gasteiger partial charge in [0.1, 0.15) is 0 Å². The van der Waals surface area contributed by atoms with E-state index in [2.05, 4.69) is 4.98 Å². The van der Waals surface area contributed by atoms with E-state index in [9.17, 15) is 18.0 Å². The molecule has 2 aromatic heterocycles. The normalized spacial score (nSPS) is 11.7. The number of Topliss-reactive ketones (excluding diaryl/α,β-unsaturated/α-hetero) is 1. The number of ketones is 1. The molecule has 0 aliphatic rings. The molecule has 0 spiro atoms. The largest absolute Gasteiger partial charge is 0.454 e. The van der Waals surface area contributed by atoms with Gasteiger partial charge in [-0.25, -0.2) is 0 Å². The van der Waals surface area contributed by atoms with Gasteiger partial charge in [0.05, 0.1) is 12.1 Å². The molecule has 17 heavy (non-hydrogen) atoms. The molecule has 90 valence electrons. The van der Waals surface area contributed by atoms with Gasteiger partial charge >= 0.3 is 6.18 Å². The first kappa shape index (κ1) is 11.8. The zero-order chi connectivity index (χ0) is 12.5. The van der Waals surface area contributed by atoms with E-state index in [1.54, 1.807) is 11.7 Å². The highest BCUT2D eigenvalue weighted by Gasteiger charge is 2.39. The third-order valence-corrected chi connectivity index (χ3v) is 2.86. The third kappa shape index (κ3) is 2.73. The Kier molecular flexibility index (Phi) is 3.01. The summed E-state index contributed by atoms with van der Waals surface area (Å²) in [6.07, 6.45) is -0.555. The van der Waals surface area contributed by atoms with Crippen LogP contribution in [0.4, 0.5) is 13.2 Å². The highest BCUT2D eigenvalue weighted by atomic mass is 32.1. The minimum atomic E-state index is -4.82. The number of carbonyl (C=O) groups is 1. The molecule has 2 aromatic rings. The number of nitrogens with zero attached hydrogens (tertiary/aromatic N) is 2. The van der Waals surface area contributed by atoms with Gasteiger partial charge in [0, 0.05) is 29.0 Å². The molecule has 0 saturated heterocycles. The van der Waals surface area contributed by atoms with Crippen molar-refractivity contribution in [3.05, 3.63) is 40.6 Å². The topological polar surface area (TPSA) is 34.9 Å². The molecule has 0 amide bonds. The maximum Gasteiger partial charge on any atom is 0.454 e. The summed E-state index contributed by atoms with van der Waals surface area (Å²) in [5, 5.41) is 0. The summed E-state index contributed by atoms with van der Waals surface area (Å²) in [5.41, 5.74) is 1.29. The number of halogens is 3. The van der Waals surface area contributed by atoms with Crippen LogP contribution in [0.25, 0.3) is 0 Å². The Labute approximate surface area is 98.5 Å². The van der Waals surface area contributed by atoms with Crippen molar-refractivity contribution in [1.82, 2.24) is 9.55 Å². The molecule has 0 bridgehead atoms. The Morgan fingerprint density at radius 3 is 2.82 bits per heavy atom. The van der Waals surface area contributed by atoms with E-state index in [0.717, 1.165) is 10.9 Å². The number of rotatable bonds is 3.